The van der Waals surface area contributed by atoms with Gasteiger partial charge in [-0.3, -0.25) is 4.72 Å². The number of sulfonamides is 1. The second-order valence-corrected chi connectivity index (χ2v) is 7.31. The third kappa shape index (κ3) is 3.42. The van der Waals surface area contributed by atoms with E-state index in [2.05, 4.69) is 20.7 Å². The van der Waals surface area contributed by atoms with Crippen LogP contribution in [0.25, 0.3) is 0 Å². The molecule has 9 heteroatoms. The number of nitrogens with one attached hydrogen (secondary N) is 1. The van der Waals surface area contributed by atoms with Gasteiger partial charge in [-0.2, -0.15) is 0 Å². The van der Waals surface area contributed by atoms with Crippen molar-refractivity contribution in [3.8, 4) is 0 Å². The lowest BCUT2D eigenvalue weighted by atomic mass is 10.3. The number of hydrogen-bond acceptors (Lipinski definition) is 3. The van der Waals surface area contributed by atoms with Crippen LogP contribution in [0.5, 0.6) is 0 Å². The van der Waals surface area contributed by atoms with Crippen LogP contribution in [0.15, 0.2) is 39.7 Å². The Morgan fingerprint density at radius 1 is 1.19 bits per heavy atom. The van der Waals surface area contributed by atoms with E-state index in [4.69, 9.17) is 28.9 Å². The highest BCUT2D eigenvalue weighted by molar-refractivity contribution is 9.10. The maximum atomic E-state index is 13.6. The van der Waals surface area contributed by atoms with E-state index in [0.29, 0.717) is 10.2 Å². The van der Waals surface area contributed by atoms with Crippen molar-refractivity contribution < 1.29 is 12.8 Å². The van der Waals surface area contributed by atoms with Gasteiger partial charge in [-0.05, 0) is 46.3 Å². The highest BCUT2D eigenvalue weighted by Crippen LogP contribution is 2.32. The zero-order valence-electron chi connectivity index (χ0n) is 10.2. The van der Waals surface area contributed by atoms with Crippen LogP contribution in [0.2, 0.25) is 10.0 Å². The Morgan fingerprint density at radius 3 is 2.48 bits per heavy atom. The number of nitrogens with two attached hydrogens (primary N) is 1. The number of halogens is 4. The highest BCUT2D eigenvalue weighted by atomic mass is 79.9. The van der Waals surface area contributed by atoms with Crippen molar-refractivity contribution in [3.63, 3.8) is 0 Å². The minimum atomic E-state index is -4.07. The first-order valence-electron chi connectivity index (χ1n) is 5.43. The summed E-state index contributed by atoms with van der Waals surface area (Å²) < 4.78 is 40.9. The van der Waals surface area contributed by atoms with Crippen molar-refractivity contribution in [2.24, 2.45) is 0 Å². The molecule has 0 unspecified atom stereocenters. The van der Waals surface area contributed by atoms with Crippen LogP contribution in [0.1, 0.15) is 0 Å². The first-order chi connectivity index (χ1) is 9.72. The monoisotopic (exact) mass is 412 g/mol. The molecule has 0 radical (unpaired) electrons. The molecule has 112 valence electrons. The molecule has 0 spiro atoms. The molecule has 21 heavy (non-hydrogen) atoms. The Morgan fingerprint density at radius 2 is 1.86 bits per heavy atom. The largest absolute Gasteiger partial charge is 0.399 e. The quantitative estimate of drug-likeness (QED) is 0.582. The summed E-state index contributed by atoms with van der Waals surface area (Å²) in [5.74, 6) is -0.988. The lowest BCUT2D eigenvalue weighted by Crippen LogP contribution is -2.14. The van der Waals surface area contributed by atoms with Gasteiger partial charge < -0.3 is 5.73 Å². The SMILES string of the molecule is Nc1ccc(NS(=O)(=O)c2ccc(Cl)c(F)c2Cl)c(Br)c1. The number of rotatable bonds is 3. The molecule has 0 amide bonds. The fourth-order valence-electron chi connectivity index (χ4n) is 1.53. The molecule has 2 aromatic carbocycles. The summed E-state index contributed by atoms with van der Waals surface area (Å²) in [6, 6.07) is 6.77. The molecule has 2 aromatic rings. The van der Waals surface area contributed by atoms with E-state index in [9.17, 15) is 12.8 Å². The van der Waals surface area contributed by atoms with Gasteiger partial charge in [0, 0.05) is 10.2 Å². The van der Waals surface area contributed by atoms with Gasteiger partial charge in [0.25, 0.3) is 10.0 Å². The predicted molar refractivity (Wildman–Crippen MR) is 85.8 cm³/mol. The molecule has 0 atom stereocenters. The number of nitrogen functional groups attached to an aromatic ring is 1. The summed E-state index contributed by atoms with van der Waals surface area (Å²) in [5, 5.41) is -0.825. The first kappa shape index (κ1) is 16.4. The third-order valence-corrected chi connectivity index (χ3v) is 5.36. The minimum absolute atomic E-state index is 0.246. The standard InChI is InChI=1S/C12H8BrCl2FN2O2S/c13-7-5-6(17)1-3-9(7)18-21(19,20)10-4-2-8(14)12(16)11(10)15/h1-5,18H,17H2. The van der Waals surface area contributed by atoms with E-state index in [0.717, 1.165) is 12.1 Å². The zero-order valence-corrected chi connectivity index (χ0v) is 14.1. The topological polar surface area (TPSA) is 72.2 Å². The summed E-state index contributed by atoms with van der Waals surface area (Å²) in [5.41, 5.74) is 6.28. The van der Waals surface area contributed by atoms with Crippen molar-refractivity contribution in [3.05, 3.63) is 50.7 Å². The molecule has 3 N–H and O–H groups in total. The lowest BCUT2D eigenvalue weighted by molar-refractivity contribution is 0.595. The molecule has 0 aliphatic carbocycles. The Labute approximate surface area is 139 Å². The molecule has 4 nitrogen and oxygen atoms in total. The van der Waals surface area contributed by atoms with Gasteiger partial charge in [-0.25, -0.2) is 12.8 Å². The fourth-order valence-corrected chi connectivity index (χ4v) is 3.98. The lowest BCUT2D eigenvalue weighted by Gasteiger charge is -2.12. The van der Waals surface area contributed by atoms with E-state index in [-0.39, 0.29) is 10.7 Å². The zero-order chi connectivity index (χ0) is 15.8. The number of benzene rings is 2. The van der Waals surface area contributed by atoms with Crippen molar-refractivity contribution in [1.29, 1.82) is 0 Å². The van der Waals surface area contributed by atoms with E-state index in [1.807, 2.05) is 0 Å². The summed E-state index contributed by atoms with van der Waals surface area (Å²) in [6.07, 6.45) is 0. The van der Waals surface area contributed by atoms with Gasteiger partial charge in [-0.1, -0.05) is 23.2 Å². The van der Waals surface area contributed by atoms with Crippen LogP contribution in [-0.4, -0.2) is 8.42 Å². The van der Waals surface area contributed by atoms with E-state index < -0.39 is 25.8 Å². The fraction of sp³-hybridized carbons (Fsp3) is 0. The molecule has 0 bridgehead atoms. The van der Waals surface area contributed by atoms with Gasteiger partial charge in [0.15, 0.2) is 5.82 Å². The highest BCUT2D eigenvalue weighted by Gasteiger charge is 2.22. The van der Waals surface area contributed by atoms with E-state index in [1.165, 1.54) is 18.2 Å². The molecule has 2 rings (SSSR count). The Kier molecular flexibility index (Phi) is 4.67. The predicted octanol–water partition coefficient (Wildman–Crippen LogP) is 4.28. The third-order valence-electron chi connectivity index (χ3n) is 2.53. The van der Waals surface area contributed by atoms with Crippen LogP contribution in [0, 0.1) is 5.82 Å². The second kappa shape index (κ2) is 6.00. The molecular formula is C12H8BrCl2FN2O2S. The smallest absolute Gasteiger partial charge is 0.263 e. The maximum Gasteiger partial charge on any atom is 0.263 e. The van der Waals surface area contributed by atoms with Gasteiger partial charge in [-0.15, -0.1) is 0 Å². The normalized spacial score (nSPS) is 11.4. The molecule has 0 saturated heterocycles. The summed E-state index contributed by atoms with van der Waals surface area (Å²) in [7, 11) is -4.07. The molecular weight excluding hydrogens is 406 g/mol. The second-order valence-electron chi connectivity index (χ2n) is 4.02. The summed E-state index contributed by atoms with van der Waals surface area (Å²) in [4.78, 5) is -0.408. The van der Waals surface area contributed by atoms with Crippen LogP contribution < -0.4 is 10.5 Å². The average molecular weight is 414 g/mol. The van der Waals surface area contributed by atoms with Crippen LogP contribution in [0.3, 0.4) is 0 Å². The molecule has 0 fully saturated rings. The van der Waals surface area contributed by atoms with Crippen LogP contribution in [0.4, 0.5) is 15.8 Å². The molecule has 0 aliphatic rings. The molecule has 0 aromatic heterocycles. The average Bonchev–Trinajstić information content (AvgIpc) is 2.39. The van der Waals surface area contributed by atoms with E-state index >= 15 is 0 Å². The summed E-state index contributed by atoms with van der Waals surface area (Å²) in [6.45, 7) is 0. The minimum Gasteiger partial charge on any atom is -0.399 e. The van der Waals surface area contributed by atoms with Crippen molar-refractivity contribution in [2.75, 3.05) is 10.5 Å². The van der Waals surface area contributed by atoms with Crippen molar-refractivity contribution >= 4 is 60.5 Å². The van der Waals surface area contributed by atoms with Gasteiger partial charge >= 0.3 is 0 Å². The van der Waals surface area contributed by atoms with Gasteiger partial charge in [0.05, 0.1) is 15.7 Å². The Bertz CT molecular complexity index is 815. The van der Waals surface area contributed by atoms with Gasteiger partial charge in [0.1, 0.15) is 4.90 Å². The maximum absolute atomic E-state index is 13.6. The Balaban J connectivity index is 2.46. The van der Waals surface area contributed by atoms with E-state index in [1.54, 1.807) is 0 Å². The molecule has 0 aliphatic heterocycles. The van der Waals surface area contributed by atoms with Crippen molar-refractivity contribution in [1.82, 2.24) is 0 Å². The number of hydrogen-bond donors (Lipinski definition) is 2. The van der Waals surface area contributed by atoms with Crippen LogP contribution in [-0.2, 0) is 10.0 Å². The van der Waals surface area contributed by atoms with Crippen LogP contribution >= 0.6 is 39.1 Å². The van der Waals surface area contributed by atoms with Crippen molar-refractivity contribution in [2.45, 2.75) is 4.90 Å². The molecule has 0 saturated carbocycles. The number of anilines is 2. The van der Waals surface area contributed by atoms with Gasteiger partial charge in [0.2, 0.25) is 0 Å². The summed E-state index contributed by atoms with van der Waals surface area (Å²) >= 11 is 14.4. The molecule has 0 heterocycles. The Hall–Kier alpha value is -1.02. The first-order valence-corrected chi connectivity index (χ1v) is 8.47.